The highest BCUT2D eigenvalue weighted by Gasteiger charge is 2.16. The molecule has 1 aliphatic rings. The third-order valence-electron chi connectivity index (χ3n) is 3.21. The van der Waals surface area contributed by atoms with Gasteiger partial charge in [-0.15, -0.1) is 0 Å². The predicted octanol–water partition coefficient (Wildman–Crippen LogP) is 0.931. The molecule has 1 amide bonds. The Morgan fingerprint density at radius 2 is 2.28 bits per heavy atom. The number of oxime groups is 1. The molecule has 6 nitrogen and oxygen atoms in total. The van der Waals surface area contributed by atoms with E-state index in [2.05, 4.69) is 5.16 Å². The Balaban J connectivity index is 2.18. The fourth-order valence-corrected chi connectivity index (χ4v) is 1.97. The molecule has 0 aliphatic carbocycles. The third kappa shape index (κ3) is 5.35. The molecular formula is C12H23N3O3. The molecule has 0 aromatic rings. The van der Waals surface area contributed by atoms with Gasteiger partial charge in [-0.2, -0.15) is 0 Å². The van der Waals surface area contributed by atoms with Crippen molar-refractivity contribution in [1.29, 1.82) is 0 Å². The van der Waals surface area contributed by atoms with Gasteiger partial charge in [0.25, 0.3) is 0 Å². The number of amidine groups is 1. The number of rotatable bonds is 6. The second-order valence-corrected chi connectivity index (χ2v) is 4.68. The Morgan fingerprint density at radius 3 is 2.89 bits per heavy atom. The van der Waals surface area contributed by atoms with Crippen LogP contribution >= 0.6 is 0 Å². The first-order chi connectivity index (χ1) is 8.63. The summed E-state index contributed by atoms with van der Waals surface area (Å²) in [6, 6.07) is 0. The van der Waals surface area contributed by atoms with Crippen molar-refractivity contribution in [2.45, 2.75) is 44.6 Å². The van der Waals surface area contributed by atoms with Gasteiger partial charge in [0.05, 0.1) is 6.10 Å². The lowest BCUT2D eigenvalue weighted by molar-refractivity contribution is -0.130. The van der Waals surface area contributed by atoms with Crippen LogP contribution in [0.3, 0.4) is 0 Å². The molecule has 1 unspecified atom stereocenters. The molecule has 0 radical (unpaired) electrons. The molecule has 0 bridgehead atoms. The Bertz CT molecular complexity index is 288. The monoisotopic (exact) mass is 257 g/mol. The van der Waals surface area contributed by atoms with E-state index in [1.54, 1.807) is 11.9 Å². The Kier molecular flexibility index (Phi) is 6.49. The standard InChI is InChI=1S/C12H23N3O3/c1-15(8-7-11(13)14-17)12(16)6-5-10-4-2-3-9-18-10/h10,17H,2-9H2,1H3,(H2,13,14). The van der Waals surface area contributed by atoms with Crippen LogP contribution in [0.15, 0.2) is 5.16 Å². The van der Waals surface area contributed by atoms with Crippen LogP contribution in [0.2, 0.25) is 0 Å². The summed E-state index contributed by atoms with van der Waals surface area (Å²) >= 11 is 0. The van der Waals surface area contributed by atoms with Gasteiger partial charge < -0.3 is 20.6 Å². The van der Waals surface area contributed by atoms with Crippen LogP contribution in [0.25, 0.3) is 0 Å². The van der Waals surface area contributed by atoms with Crippen molar-refractivity contribution in [3.63, 3.8) is 0 Å². The normalized spacial score (nSPS) is 20.7. The zero-order valence-electron chi connectivity index (χ0n) is 11.0. The topological polar surface area (TPSA) is 88.1 Å². The first-order valence-corrected chi connectivity index (χ1v) is 6.45. The zero-order chi connectivity index (χ0) is 13.4. The first-order valence-electron chi connectivity index (χ1n) is 6.45. The minimum Gasteiger partial charge on any atom is -0.409 e. The number of carbonyl (C=O) groups is 1. The molecule has 104 valence electrons. The van der Waals surface area contributed by atoms with E-state index in [4.69, 9.17) is 15.7 Å². The fourth-order valence-electron chi connectivity index (χ4n) is 1.97. The second-order valence-electron chi connectivity index (χ2n) is 4.68. The average Bonchev–Trinajstić information content (AvgIpc) is 2.42. The molecular weight excluding hydrogens is 234 g/mol. The number of nitrogens with two attached hydrogens (primary N) is 1. The summed E-state index contributed by atoms with van der Waals surface area (Å²) in [4.78, 5) is 13.4. The van der Waals surface area contributed by atoms with Crippen molar-refractivity contribution < 1.29 is 14.7 Å². The van der Waals surface area contributed by atoms with Crippen molar-refractivity contribution in [2.24, 2.45) is 10.9 Å². The van der Waals surface area contributed by atoms with E-state index in [1.807, 2.05) is 0 Å². The number of hydrogen-bond acceptors (Lipinski definition) is 4. The van der Waals surface area contributed by atoms with Crippen molar-refractivity contribution in [2.75, 3.05) is 20.2 Å². The Morgan fingerprint density at radius 1 is 1.50 bits per heavy atom. The van der Waals surface area contributed by atoms with Crippen LogP contribution in [0.5, 0.6) is 0 Å². The molecule has 1 rings (SSSR count). The summed E-state index contributed by atoms with van der Waals surface area (Å²) in [5, 5.41) is 11.3. The molecule has 1 atom stereocenters. The maximum Gasteiger partial charge on any atom is 0.222 e. The minimum atomic E-state index is 0.0786. The van der Waals surface area contributed by atoms with E-state index >= 15 is 0 Å². The lowest BCUT2D eigenvalue weighted by Crippen LogP contribution is -2.31. The quantitative estimate of drug-likeness (QED) is 0.321. The predicted molar refractivity (Wildman–Crippen MR) is 68.5 cm³/mol. The average molecular weight is 257 g/mol. The van der Waals surface area contributed by atoms with E-state index in [-0.39, 0.29) is 17.8 Å². The van der Waals surface area contributed by atoms with Gasteiger partial charge in [0.15, 0.2) is 0 Å². The van der Waals surface area contributed by atoms with Gasteiger partial charge in [0, 0.05) is 33.0 Å². The molecule has 1 fully saturated rings. The first kappa shape index (κ1) is 14.8. The number of ether oxygens (including phenoxy) is 1. The highest BCUT2D eigenvalue weighted by atomic mass is 16.5. The molecule has 18 heavy (non-hydrogen) atoms. The van der Waals surface area contributed by atoms with Gasteiger partial charge in [0.1, 0.15) is 5.84 Å². The van der Waals surface area contributed by atoms with Gasteiger partial charge in [-0.3, -0.25) is 4.79 Å². The van der Waals surface area contributed by atoms with E-state index in [0.29, 0.717) is 19.4 Å². The summed E-state index contributed by atoms with van der Waals surface area (Å²) < 4.78 is 5.58. The maximum atomic E-state index is 11.8. The van der Waals surface area contributed by atoms with Gasteiger partial charge >= 0.3 is 0 Å². The minimum absolute atomic E-state index is 0.0786. The van der Waals surface area contributed by atoms with E-state index in [0.717, 1.165) is 25.9 Å². The lowest BCUT2D eigenvalue weighted by atomic mass is 10.0. The number of hydrogen-bond donors (Lipinski definition) is 2. The van der Waals surface area contributed by atoms with Crippen LogP contribution in [-0.2, 0) is 9.53 Å². The molecule has 0 aromatic carbocycles. The molecule has 6 heteroatoms. The Hall–Kier alpha value is -1.30. The molecule has 0 aromatic heterocycles. The van der Waals surface area contributed by atoms with Crippen molar-refractivity contribution in [3.05, 3.63) is 0 Å². The van der Waals surface area contributed by atoms with Crippen LogP contribution in [0.4, 0.5) is 0 Å². The summed E-state index contributed by atoms with van der Waals surface area (Å²) in [6.07, 6.45) is 5.28. The zero-order valence-corrected chi connectivity index (χ0v) is 11.0. The fraction of sp³-hybridized carbons (Fsp3) is 0.833. The smallest absolute Gasteiger partial charge is 0.222 e. The summed E-state index contributed by atoms with van der Waals surface area (Å²) in [6.45, 7) is 1.29. The number of nitrogens with zero attached hydrogens (tertiary/aromatic N) is 2. The van der Waals surface area contributed by atoms with Crippen LogP contribution in [0, 0.1) is 0 Å². The van der Waals surface area contributed by atoms with Crippen molar-refractivity contribution in [3.8, 4) is 0 Å². The van der Waals surface area contributed by atoms with Crippen LogP contribution in [-0.4, -0.2) is 48.2 Å². The maximum absolute atomic E-state index is 11.8. The molecule has 0 saturated carbocycles. The lowest BCUT2D eigenvalue weighted by Gasteiger charge is -2.23. The van der Waals surface area contributed by atoms with Crippen LogP contribution in [0.1, 0.15) is 38.5 Å². The van der Waals surface area contributed by atoms with Crippen LogP contribution < -0.4 is 5.73 Å². The largest absolute Gasteiger partial charge is 0.409 e. The van der Waals surface area contributed by atoms with Gasteiger partial charge in [-0.25, -0.2) is 0 Å². The summed E-state index contributed by atoms with van der Waals surface area (Å²) in [7, 11) is 1.73. The summed E-state index contributed by atoms with van der Waals surface area (Å²) in [5.41, 5.74) is 5.35. The Labute approximate surface area is 108 Å². The SMILES string of the molecule is CN(CCC(N)=NO)C(=O)CCC1CCCCO1. The van der Waals surface area contributed by atoms with Crippen molar-refractivity contribution >= 4 is 11.7 Å². The molecule has 1 aliphatic heterocycles. The van der Waals surface area contributed by atoms with E-state index < -0.39 is 0 Å². The van der Waals surface area contributed by atoms with Gasteiger partial charge in [-0.1, -0.05) is 5.16 Å². The summed E-state index contributed by atoms with van der Waals surface area (Å²) in [5.74, 6) is 0.222. The van der Waals surface area contributed by atoms with Gasteiger partial charge in [0.2, 0.25) is 5.91 Å². The number of amides is 1. The number of carbonyl (C=O) groups excluding carboxylic acids is 1. The third-order valence-corrected chi connectivity index (χ3v) is 3.21. The molecule has 3 N–H and O–H groups in total. The van der Waals surface area contributed by atoms with E-state index in [9.17, 15) is 4.79 Å². The van der Waals surface area contributed by atoms with E-state index in [1.165, 1.54) is 6.42 Å². The highest BCUT2D eigenvalue weighted by molar-refractivity contribution is 5.81. The molecule has 1 saturated heterocycles. The van der Waals surface area contributed by atoms with Crippen molar-refractivity contribution in [1.82, 2.24) is 4.90 Å². The molecule has 1 heterocycles. The second kappa shape index (κ2) is 7.92. The molecule has 0 spiro atoms. The highest BCUT2D eigenvalue weighted by Crippen LogP contribution is 2.17. The van der Waals surface area contributed by atoms with Gasteiger partial charge in [-0.05, 0) is 25.7 Å².